The Morgan fingerprint density at radius 1 is 1.50 bits per heavy atom. The predicted octanol–water partition coefficient (Wildman–Crippen LogP) is 1.61. The number of hydrogen-bond acceptors (Lipinski definition) is 4. The zero-order valence-electron chi connectivity index (χ0n) is 12.5. The summed E-state index contributed by atoms with van der Waals surface area (Å²) < 4.78 is 19.6. The molecule has 22 heavy (non-hydrogen) atoms. The van der Waals surface area contributed by atoms with Gasteiger partial charge in [-0.3, -0.25) is 4.79 Å². The lowest BCUT2D eigenvalue weighted by Crippen LogP contribution is -2.38. The fourth-order valence-corrected chi connectivity index (χ4v) is 2.50. The number of ether oxygens (including phenoxy) is 1. The Hall–Kier alpha value is -1.37. The third-order valence-electron chi connectivity index (χ3n) is 3.55. The van der Waals surface area contributed by atoms with E-state index < -0.39 is 11.9 Å². The van der Waals surface area contributed by atoms with Crippen molar-refractivity contribution in [3.05, 3.63) is 24.0 Å². The second-order valence-electron chi connectivity index (χ2n) is 5.17. The number of alkyl halides is 1. The van der Waals surface area contributed by atoms with E-state index in [1.54, 1.807) is 12.1 Å². The van der Waals surface area contributed by atoms with Crippen molar-refractivity contribution in [3.63, 3.8) is 0 Å². The zero-order valence-corrected chi connectivity index (χ0v) is 13.2. The molecular weight excluding hydrogens is 311 g/mol. The fourth-order valence-electron chi connectivity index (χ4n) is 2.40. The van der Waals surface area contributed by atoms with Crippen molar-refractivity contribution in [1.29, 1.82) is 0 Å². The molecule has 0 radical (unpaired) electrons. The van der Waals surface area contributed by atoms with Crippen molar-refractivity contribution in [2.24, 2.45) is 0 Å². The maximum Gasteiger partial charge on any atom is 0.223 e. The lowest BCUT2D eigenvalue weighted by molar-refractivity contribution is -0.116. The molecule has 0 aromatic heterocycles. The lowest BCUT2D eigenvalue weighted by Gasteiger charge is -2.30. The topological polar surface area (TPSA) is 53.0 Å². The van der Waals surface area contributed by atoms with Crippen molar-refractivity contribution in [2.75, 3.05) is 48.5 Å². The van der Waals surface area contributed by atoms with E-state index in [0.29, 0.717) is 37.7 Å². The van der Waals surface area contributed by atoms with E-state index >= 15 is 0 Å². The summed E-state index contributed by atoms with van der Waals surface area (Å²) in [4.78, 5) is 14.9. The number of amides is 1. The first-order valence-corrected chi connectivity index (χ1v) is 7.70. The molecule has 0 unspecified atom stereocenters. The molecule has 0 aliphatic carbocycles. The monoisotopic (exact) mass is 330 g/mol. The SMILES string of the molecule is CC(=O)N(C[C@@H](O)CCl)c1ccc(N2CCOCC2)c(F)c1. The Balaban J connectivity index is 2.20. The number of benzene rings is 1. The average molecular weight is 331 g/mol. The van der Waals surface area contributed by atoms with Gasteiger partial charge in [0, 0.05) is 25.7 Å². The summed E-state index contributed by atoms with van der Waals surface area (Å²) in [6.45, 7) is 3.82. The summed E-state index contributed by atoms with van der Waals surface area (Å²) >= 11 is 5.57. The van der Waals surface area contributed by atoms with E-state index in [0.717, 1.165) is 0 Å². The van der Waals surface area contributed by atoms with Gasteiger partial charge in [0.2, 0.25) is 5.91 Å². The van der Waals surface area contributed by atoms with Crippen LogP contribution in [-0.4, -0.2) is 55.8 Å². The molecular formula is C15H20ClFN2O3. The second kappa shape index (κ2) is 7.76. The quantitative estimate of drug-likeness (QED) is 0.834. The van der Waals surface area contributed by atoms with Crippen LogP contribution in [0.5, 0.6) is 0 Å². The standard InChI is InChI=1S/C15H20ClFN2O3/c1-11(20)19(10-13(21)9-16)12-2-3-15(14(17)8-12)18-4-6-22-7-5-18/h2-3,8,13,21H,4-7,9-10H2,1H3/t13-/m0/s1. The van der Waals surface area contributed by atoms with Gasteiger partial charge in [0.1, 0.15) is 5.82 Å². The number of anilines is 2. The Bertz CT molecular complexity index is 524. The molecule has 0 saturated carbocycles. The smallest absolute Gasteiger partial charge is 0.223 e. The third-order valence-corrected chi connectivity index (χ3v) is 3.90. The van der Waals surface area contributed by atoms with Crippen molar-refractivity contribution in [2.45, 2.75) is 13.0 Å². The number of aliphatic hydroxyl groups excluding tert-OH is 1. The first-order chi connectivity index (χ1) is 10.5. The molecule has 0 spiro atoms. The molecule has 1 atom stereocenters. The van der Waals surface area contributed by atoms with Gasteiger partial charge in [-0.25, -0.2) is 4.39 Å². The number of hydrogen-bond donors (Lipinski definition) is 1. The van der Waals surface area contributed by atoms with Gasteiger partial charge in [-0.1, -0.05) is 0 Å². The highest BCUT2D eigenvalue weighted by molar-refractivity contribution is 6.18. The molecule has 1 amide bonds. The van der Waals surface area contributed by atoms with E-state index in [-0.39, 0.29) is 18.3 Å². The Morgan fingerprint density at radius 3 is 2.73 bits per heavy atom. The van der Waals surface area contributed by atoms with Crippen molar-refractivity contribution < 1.29 is 19.0 Å². The highest BCUT2D eigenvalue weighted by Crippen LogP contribution is 2.26. The number of rotatable bonds is 5. The Kier molecular flexibility index (Phi) is 5.99. The highest BCUT2D eigenvalue weighted by atomic mass is 35.5. The molecule has 1 aromatic rings. The van der Waals surface area contributed by atoms with Crippen LogP contribution in [0.3, 0.4) is 0 Å². The summed E-state index contributed by atoms with van der Waals surface area (Å²) in [5.41, 5.74) is 0.902. The van der Waals surface area contributed by atoms with Gasteiger partial charge >= 0.3 is 0 Å². The third kappa shape index (κ3) is 4.09. The second-order valence-corrected chi connectivity index (χ2v) is 5.48. The van der Waals surface area contributed by atoms with Crippen LogP contribution in [0.4, 0.5) is 15.8 Å². The zero-order chi connectivity index (χ0) is 16.1. The van der Waals surface area contributed by atoms with Crippen molar-refractivity contribution in [3.8, 4) is 0 Å². The average Bonchev–Trinajstić information content (AvgIpc) is 2.52. The molecule has 122 valence electrons. The van der Waals surface area contributed by atoms with Gasteiger partial charge in [0.25, 0.3) is 0 Å². The minimum Gasteiger partial charge on any atom is -0.390 e. The summed E-state index contributed by atoms with van der Waals surface area (Å²) in [6, 6.07) is 4.64. The first kappa shape index (κ1) is 17.0. The van der Waals surface area contributed by atoms with Crippen LogP contribution in [0.2, 0.25) is 0 Å². The van der Waals surface area contributed by atoms with Crippen LogP contribution >= 0.6 is 11.6 Å². The van der Waals surface area contributed by atoms with Crippen LogP contribution in [0, 0.1) is 5.82 Å². The summed E-state index contributed by atoms with van der Waals surface area (Å²) in [5, 5.41) is 9.62. The summed E-state index contributed by atoms with van der Waals surface area (Å²) in [6.07, 6.45) is -0.854. The van der Waals surface area contributed by atoms with E-state index in [9.17, 15) is 14.3 Å². The molecule has 7 heteroatoms. The number of carbonyl (C=O) groups is 1. The van der Waals surface area contributed by atoms with Crippen LogP contribution in [-0.2, 0) is 9.53 Å². The normalized spacial score (nSPS) is 16.5. The summed E-state index contributed by atoms with van der Waals surface area (Å²) in [7, 11) is 0. The van der Waals surface area contributed by atoms with Crippen LogP contribution < -0.4 is 9.80 Å². The van der Waals surface area contributed by atoms with E-state index in [1.165, 1.54) is 17.9 Å². The maximum atomic E-state index is 14.4. The van der Waals surface area contributed by atoms with Gasteiger partial charge in [0.15, 0.2) is 0 Å². The molecule has 2 rings (SSSR count). The summed E-state index contributed by atoms with van der Waals surface area (Å²) in [5.74, 6) is -0.660. The Labute approximate surface area is 134 Å². The van der Waals surface area contributed by atoms with E-state index in [1.807, 2.05) is 4.90 Å². The number of nitrogens with zero attached hydrogens (tertiary/aromatic N) is 2. The molecule has 1 heterocycles. The molecule has 1 fully saturated rings. The van der Waals surface area contributed by atoms with Gasteiger partial charge in [-0.15, -0.1) is 11.6 Å². The molecule has 1 saturated heterocycles. The number of halogens is 2. The van der Waals surface area contributed by atoms with Crippen LogP contribution in [0.25, 0.3) is 0 Å². The Morgan fingerprint density at radius 2 is 2.18 bits per heavy atom. The molecule has 0 bridgehead atoms. The number of morpholine rings is 1. The van der Waals surface area contributed by atoms with Gasteiger partial charge in [-0.05, 0) is 18.2 Å². The van der Waals surface area contributed by atoms with Crippen LogP contribution in [0.1, 0.15) is 6.92 Å². The molecule has 1 aliphatic heterocycles. The molecule has 1 aliphatic rings. The van der Waals surface area contributed by atoms with E-state index in [2.05, 4.69) is 0 Å². The largest absolute Gasteiger partial charge is 0.390 e. The molecule has 1 N–H and O–H groups in total. The number of aliphatic hydroxyl groups is 1. The van der Waals surface area contributed by atoms with Crippen molar-refractivity contribution >= 4 is 28.9 Å². The van der Waals surface area contributed by atoms with E-state index in [4.69, 9.17) is 16.3 Å². The molecule has 5 nitrogen and oxygen atoms in total. The van der Waals surface area contributed by atoms with Gasteiger partial charge in [0.05, 0.1) is 37.4 Å². The number of carbonyl (C=O) groups excluding carboxylic acids is 1. The predicted molar refractivity (Wildman–Crippen MR) is 84.2 cm³/mol. The minimum absolute atomic E-state index is 0.0120. The first-order valence-electron chi connectivity index (χ1n) is 7.17. The maximum absolute atomic E-state index is 14.4. The van der Waals surface area contributed by atoms with Gasteiger partial charge in [-0.2, -0.15) is 0 Å². The minimum atomic E-state index is -0.854. The van der Waals surface area contributed by atoms with Crippen molar-refractivity contribution in [1.82, 2.24) is 0 Å². The van der Waals surface area contributed by atoms with Crippen LogP contribution in [0.15, 0.2) is 18.2 Å². The highest BCUT2D eigenvalue weighted by Gasteiger charge is 2.20. The fraction of sp³-hybridized carbons (Fsp3) is 0.533. The molecule has 1 aromatic carbocycles. The lowest BCUT2D eigenvalue weighted by atomic mass is 10.2. The van der Waals surface area contributed by atoms with Gasteiger partial charge < -0.3 is 19.6 Å².